The zero-order valence-corrected chi connectivity index (χ0v) is 14.4. The van der Waals surface area contributed by atoms with Gasteiger partial charge in [0.1, 0.15) is 0 Å². The molecule has 2 N–H and O–H groups in total. The van der Waals surface area contributed by atoms with Crippen LogP contribution in [0.25, 0.3) is 0 Å². The van der Waals surface area contributed by atoms with Crippen LogP contribution < -0.4 is 0 Å². The fourth-order valence-corrected chi connectivity index (χ4v) is 2.23. The number of carbonyl (C=O) groups excluding carboxylic acids is 1. The first kappa shape index (κ1) is 21.3. The van der Waals surface area contributed by atoms with Crippen LogP contribution in [0.3, 0.4) is 0 Å². The van der Waals surface area contributed by atoms with Gasteiger partial charge in [-0.2, -0.15) is 0 Å². The summed E-state index contributed by atoms with van der Waals surface area (Å²) in [4.78, 5) is 26.5. The number of carbonyl (C=O) groups is 1. The van der Waals surface area contributed by atoms with Gasteiger partial charge in [0.05, 0.1) is 6.61 Å². The molecule has 0 amide bonds. The van der Waals surface area contributed by atoms with Crippen molar-refractivity contribution in [2.45, 2.75) is 71.1 Å². The maximum atomic E-state index is 10.4. The molecule has 1 aliphatic heterocycles. The second-order valence-corrected chi connectivity index (χ2v) is 6.56. The molecule has 6 nitrogen and oxygen atoms in total. The Hall–Kier alpha value is -0.680. The second-order valence-electron chi connectivity index (χ2n) is 5.32. The predicted molar refractivity (Wildman–Crippen MR) is 85.1 cm³/mol. The molecule has 1 saturated heterocycles. The van der Waals surface area contributed by atoms with Crippen LogP contribution in [0.1, 0.15) is 71.1 Å². The highest BCUT2D eigenvalue weighted by atomic mass is 31.2. The molecule has 0 spiro atoms. The van der Waals surface area contributed by atoms with Gasteiger partial charge in [-0.15, -0.1) is 0 Å². The number of phosphoric ester groups is 1. The minimum absolute atomic E-state index is 0.167. The van der Waals surface area contributed by atoms with Crippen LogP contribution in [0.5, 0.6) is 0 Å². The lowest BCUT2D eigenvalue weighted by Crippen LogP contribution is -1.92. The Morgan fingerprint density at radius 3 is 1.68 bits per heavy atom. The van der Waals surface area contributed by atoms with Crippen LogP contribution in [0.4, 0.5) is 0 Å². The van der Waals surface area contributed by atoms with Crippen molar-refractivity contribution in [3.05, 3.63) is 12.3 Å². The Morgan fingerprint density at radius 1 is 1.00 bits per heavy atom. The van der Waals surface area contributed by atoms with Gasteiger partial charge in [0, 0.05) is 0 Å². The number of epoxide rings is 1. The molecule has 0 radical (unpaired) electrons. The smallest absolute Gasteiger partial charge is 0.414 e. The third-order valence-corrected chi connectivity index (χ3v) is 3.68. The summed E-state index contributed by atoms with van der Waals surface area (Å²) >= 11 is 0. The summed E-state index contributed by atoms with van der Waals surface area (Å²) in [6, 6.07) is 0. The average molecular weight is 336 g/mol. The Kier molecular flexibility index (Phi) is 12.4. The molecule has 1 heterocycles. The van der Waals surface area contributed by atoms with Gasteiger partial charge in [-0.05, 0) is 13.0 Å². The summed E-state index contributed by atoms with van der Waals surface area (Å²) in [6.07, 6.45) is 12.0. The quantitative estimate of drug-likeness (QED) is 0.241. The summed E-state index contributed by atoms with van der Waals surface area (Å²) in [5.41, 5.74) is 0. The van der Waals surface area contributed by atoms with E-state index in [1.165, 1.54) is 44.9 Å². The summed E-state index contributed by atoms with van der Waals surface area (Å²) in [7, 11) is -4.24. The third kappa shape index (κ3) is 17.4. The van der Waals surface area contributed by atoms with Crippen molar-refractivity contribution >= 4 is 13.8 Å². The molecule has 1 fully saturated rings. The molecule has 0 bridgehead atoms. The van der Waals surface area contributed by atoms with Gasteiger partial charge in [0.15, 0.2) is 0 Å². The third-order valence-electron chi connectivity index (χ3n) is 3.16. The van der Waals surface area contributed by atoms with Crippen LogP contribution in [-0.2, 0) is 18.6 Å². The lowest BCUT2D eigenvalue weighted by atomic mass is 10.1. The molecule has 0 unspecified atom stereocenters. The summed E-state index contributed by atoms with van der Waals surface area (Å²) in [6.45, 7) is 5.57. The number of phosphoric acid groups is 1. The van der Waals surface area contributed by atoms with Crippen molar-refractivity contribution in [2.75, 3.05) is 6.61 Å². The first-order valence-electron chi connectivity index (χ1n) is 7.98. The number of ether oxygens (including phenoxy) is 1. The van der Waals surface area contributed by atoms with E-state index in [2.05, 4.69) is 22.8 Å². The first-order valence-corrected chi connectivity index (χ1v) is 9.51. The minimum Gasteiger partial charge on any atom is -0.414 e. The van der Waals surface area contributed by atoms with E-state index in [4.69, 9.17) is 9.79 Å². The molecular weight excluding hydrogens is 307 g/mol. The van der Waals surface area contributed by atoms with Gasteiger partial charge in [-0.1, -0.05) is 64.7 Å². The number of hydrogen-bond donors (Lipinski definition) is 2. The summed E-state index contributed by atoms with van der Waals surface area (Å²) in [5, 5.41) is 0. The fourth-order valence-electron chi connectivity index (χ4n) is 1.86. The van der Waals surface area contributed by atoms with E-state index < -0.39 is 7.82 Å². The number of hydrogen-bond acceptors (Lipinski definition) is 4. The van der Waals surface area contributed by atoms with Crippen molar-refractivity contribution in [1.82, 2.24) is 0 Å². The highest BCUT2D eigenvalue weighted by molar-refractivity contribution is 7.46. The zero-order valence-electron chi connectivity index (χ0n) is 13.5. The first-order chi connectivity index (χ1) is 10.4. The molecule has 0 aliphatic carbocycles. The summed E-state index contributed by atoms with van der Waals surface area (Å²) in [5.74, 6) is 0.00926. The number of unbranched alkanes of at least 4 members (excludes halogenated alkanes) is 9. The standard InChI is InChI=1S/C12H27O4P.C3H2O2/c1-2-3-4-5-6-7-8-9-10-11-12-16-17(13,14)15;1-2-3(4)5-2/h2-12H2,1H3,(H2,13,14,15);1H2. The van der Waals surface area contributed by atoms with Crippen molar-refractivity contribution < 1.29 is 28.4 Å². The van der Waals surface area contributed by atoms with E-state index in [-0.39, 0.29) is 18.3 Å². The zero-order chi connectivity index (χ0) is 16.8. The maximum Gasteiger partial charge on any atom is 0.469 e. The van der Waals surface area contributed by atoms with Gasteiger partial charge in [0.2, 0.25) is 5.76 Å². The lowest BCUT2D eigenvalue weighted by Gasteiger charge is -2.05. The van der Waals surface area contributed by atoms with Gasteiger partial charge < -0.3 is 14.5 Å². The molecule has 1 rings (SSSR count). The molecule has 0 atom stereocenters. The van der Waals surface area contributed by atoms with Crippen molar-refractivity contribution in [3.63, 3.8) is 0 Å². The van der Waals surface area contributed by atoms with E-state index in [0.29, 0.717) is 0 Å². The number of rotatable bonds is 12. The van der Waals surface area contributed by atoms with E-state index in [1.54, 1.807) is 0 Å². The Bertz CT molecular complexity index is 351. The van der Waals surface area contributed by atoms with Gasteiger partial charge in [-0.3, -0.25) is 4.52 Å². The van der Waals surface area contributed by atoms with Crippen LogP contribution in [-0.4, -0.2) is 22.4 Å². The highest BCUT2D eigenvalue weighted by Crippen LogP contribution is 2.35. The number of cyclic esters (lactones) is 1. The van der Waals surface area contributed by atoms with Gasteiger partial charge in [0.25, 0.3) is 0 Å². The Morgan fingerprint density at radius 2 is 1.36 bits per heavy atom. The molecule has 22 heavy (non-hydrogen) atoms. The minimum atomic E-state index is -4.24. The van der Waals surface area contributed by atoms with Crippen molar-refractivity contribution in [2.24, 2.45) is 0 Å². The monoisotopic (exact) mass is 336 g/mol. The molecule has 0 aromatic heterocycles. The molecule has 0 aromatic carbocycles. The largest absolute Gasteiger partial charge is 0.469 e. The van der Waals surface area contributed by atoms with Crippen molar-refractivity contribution in [3.8, 4) is 0 Å². The lowest BCUT2D eigenvalue weighted by molar-refractivity contribution is -0.117. The van der Waals surface area contributed by atoms with Crippen molar-refractivity contribution in [1.29, 1.82) is 0 Å². The molecule has 130 valence electrons. The SMILES string of the molecule is C=C1OC1=O.CCCCCCCCCCCCOP(=O)(O)O. The van der Waals surface area contributed by atoms with Crippen LogP contribution in [0.2, 0.25) is 0 Å². The van der Waals surface area contributed by atoms with Crippen LogP contribution in [0, 0.1) is 0 Å². The Labute approximate surface area is 133 Å². The molecule has 0 saturated carbocycles. The predicted octanol–water partition coefficient (Wildman–Crippen LogP) is 4.07. The second kappa shape index (κ2) is 12.8. The van der Waals surface area contributed by atoms with Crippen LogP contribution in [0.15, 0.2) is 12.3 Å². The van der Waals surface area contributed by atoms with E-state index >= 15 is 0 Å². The highest BCUT2D eigenvalue weighted by Gasteiger charge is 2.26. The van der Waals surface area contributed by atoms with Gasteiger partial charge >= 0.3 is 13.8 Å². The normalized spacial score (nSPS) is 13.4. The fraction of sp³-hybridized carbons (Fsp3) is 0.800. The molecule has 7 heteroatoms. The molecule has 0 aromatic rings. The molecule has 1 aliphatic rings. The van der Waals surface area contributed by atoms with E-state index in [0.717, 1.165) is 19.3 Å². The van der Waals surface area contributed by atoms with Gasteiger partial charge in [-0.25, -0.2) is 9.36 Å². The topological polar surface area (TPSA) is 96.4 Å². The molecular formula is C15H29O6P. The summed E-state index contributed by atoms with van der Waals surface area (Å²) < 4.78 is 18.8. The maximum absolute atomic E-state index is 10.4. The van der Waals surface area contributed by atoms with E-state index in [9.17, 15) is 9.36 Å². The van der Waals surface area contributed by atoms with Crippen LogP contribution >= 0.6 is 7.82 Å². The Balaban J connectivity index is 0.000000734. The van der Waals surface area contributed by atoms with E-state index in [1.807, 2.05) is 0 Å². The average Bonchev–Trinajstić information content (AvgIpc) is 3.08.